The van der Waals surface area contributed by atoms with Gasteiger partial charge in [-0.2, -0.15) is 5.26 Å². The Kier molecular flexibility index (Phi) is 3.78. The summed E-state index contributed by atoms with van der Waals surface area (Å²) in [4.78, 5) is 28.5. The SMILES string of the molecule is COc1cccc2cc(C(=O)Nc3ncc(C#N)s3)c(=O)oc12. The van der Waals surface area contributed by atoms with Crippen molar-refractivity contribution in [3.05, 3.63) is 51.3 Å². The second-order valence-electron chi connectivity index (χ2n) is 4.42. The van der Waals surface area contributed by atoms with Crippen molar-refractivity contribution in [2.24, 2.45) is 0 Å². The molecule has 0 atom stereocenters. The highest BCUT2D eigenvalue weighted by Gasteiger charge is 2.16. The number of para-hydroxylation sites is 1. The van der Waals surface area contributed by atoms with E-state index in [9.17, 15) is 9.59 Å². The van der Waals surface area contributed by atoms with Crippen molar-refractivity contribution in [1.29, 1.82) is 5.26 Å². The summed E-state index contributed by atoms with van der Waals surface area (Å²) in [5, 5.41) is 12.0. The van der Waals surface area contributed by atoms with Gasteiger partial charge in [0.1, 0.15) is 16.5 Å². The van der Waals surface area contributed by atoms with Gasteiger partial charge < -0.3 is 9.15 Å². The van der Waals surface area contributed by atoms with Gasteiger partial charge in [0.25, 0.3) is 5.91 Å². The zero-order chi connectivity index (χ0) is 16.4. The third-order valence-electron chi connectivity index (χ3n) is 3.02. The van der Waals surface area contributed by atoms with E-state index >= 15 is 0 Å². The fourth-order valence-corrected chi connectivity index (χ4v) is 2.59. The molecule has 0 bridgehead atoms. The minimum Gasteiger partial charge on any atom is -0.493 e. The zero-order valence-corrected chi connectivity index (χ0v) is 12.6. The molecule has 1 N–H and O–H groups in total. The molecule has 0 aliphatic heterocycles. The summed E-state index contributed by atoms with van der Waals surface area (Å²) in [5.74, 6) is -0.243. The fraction of sp³-hybridized carbons (Fsp3) is 0.0667. The number of carbonyl (C=O) groups is 1. The summed E-state index contributed by atoms with van der Waals surface area (Å²) in [6.07, 6.45) is 1.34. The van der Waals surface area contributed by atoms with Crippen LogP contribution in [0.2, 0.25) is 0 Å². The lowest BCUT2D eigenvalue weighted by Crippen LogP contribution is -2.20. The van der Waals surface area contributed by atoms with Crippen LogP contribution in [-0.2, 0) is 0 Å². The molecule has 0 radical (unpaired) electrons. The molecule has 0 unspecified atom stereocenters. The maximum Gasteiger partial charge on any atom is 0.349 e. The number of fused-ring (bicyclic) bond motifs is 1. The topological polar surface area (TPSA) is 105 Å². The van der Waals surface area contributed by atoms with Crippen molar-refractivity contribution in [1.82, 2.24) is 4.98 Å². The molecule has 1 amide bonds. The van der Waals surface area contributed by atoms with Crippen LogP contribution in [0, 0.1) is 11.3 Å². The number of methoxy groups -OCH3 is 1. The van der Waals surface area contributed by atoms with Crippen LogP contribution < -0.4 is 15.7 Å². The summed E-state index contributed by atoms with van der Waals surface area (Å²) >= 11 is 1.01. The number of thiazole rings is 1. The Morgan fingerprint density at radius 1 is 1.48 bits per heavy atom. The molecule has 114 valence electrons. The highest BCUT2D eigenvalue weighted by molar-refractivity contribution is 7.16. The minimum atomic E-state index is -0.781. The molecule has 2 aromatic heterocycles. The molecular formula is C15H9N3O4S. The number of hydrogen-bond donors (Lipinski definition) is 1. The van der Waals surface area contributed by atoms with Crippen LogP contribution in [0.15, 0.2) is 39.7 Å². The van der Waals surface area contributed by atoms with Crippen molar-refractivity contribution in [3.63, 3.8) is 0 Å². The number of carbonyl (C=O) groups excluding carboxylic acids is 1. The molecule has 7 nitrogen and oxygen atoms in total. The summed E-state index contributed by atoms with van der Waals surface area (Å²) in [6.45, 7) is 0. The van der Waals surface area contributed by atoms with E-state index in [1.165, 1.54) is 19.4 Å². The Balaban J connectivity index is 1.99. The highest BCUT2D eigenvalue weighted by Crippen LogP contribution is 2.25. The quantitative estimate of drug-likeness (QED) is 0.740. The van der Waals surface area contributed by atoms with Crippen molar-refractivity contribution < 1.29 is 13.9 Å². The molecule has 23 heavy (non-hydrogen) atoms. The average molecular weight is 327 g/mol. The lowest BCUT2D eigenvalue weighted by molar-refractivity contribution is 0.102. The van der Waals surface area contributed by atoms with Gasteiger partial charge in [-0.05, 0) is 12.1 Å². The molecule has 3 aromatic rings. The molecule has 1 aromatic carbocycles. The van der Waals surface area contributed by atoms with Crippen molar-refractivity contribution in [2.45, 2.75) is 0 Å². The molecule has 8 heteroatoms. The number of hydrogen-bond acceptors (Lipinski definition) is 7. The second kappa shape index (κ2) is 5.90. The van der Waals surface area contributed by atoms with E-state index in [-0.39, 0.29) is 16.3 Å². The van der Waals surface area contributed by atoms with Gasteiger partial charge in [0.15, 0.2) is 16.5 Å². The molecule has 0 aliphatic carbocycles. The van der Waals surface area contributed by atoms with Gasteiger partial charge in [-0.1, -0.05) is 23.5 Å². The molecule has 0 fully saturated rings. The van der Waals surface area contributed by atoms with E-state index in [4.69, 9.17) is 14.4 Å². The monoisotopic (exact) mass is 327 g/mol. The van der Waals surface area contributed by atoms with Gasteiger partial charge in [0.2, 0.25) is 0 Å². The van der Waals surface area contributed by atoms with Gasteiger partial charge in [-0.3, -0.25) is 10.1 Å². The zero-order valence-electron chi connectivity index (χ0n) is 11.8. The third kappa shape index (κ3) is 2.77. The number of benzene rings is 1. The number of anilines is 1. The normalized spacial score (nSPS) is 10.3. The van der Waals surface area contributed by atoms with Crippen molar-refractivity contribution >= 4 is 33.3 Å². The second-order valence-corrected chi connectivity index (χ2v) is 5.45. The van der Waals surface area contributed by atoms with Crippen LogP contribution in [-0.4, -0.2) is 18.0 Å². The van der Waals surface area contributed by atoms with Gasteiger partial charge in [-0.15, -0.1) is 0 Å². The van der Waals surface area contributed by atoms with Gasteiger partial charge >= 0.3 is 5.63 Å². The largest absolute Gasteiger partial charge is 0.493 e. The first kappa shape index (κ1) is 14.7. The molecule has 2 heterocycles. The van der Waals surface area contributed by atoms with E-state index in [1.807, 2.05) is 6.07 Å². The minimum absolute atomic E-state index is 0.153. The molecule has 0 saturated heterocycles. The van der Waals surface area contributed by atoms with Crippen molar-refractivity contribution in [2.75, 3.05) is 12.4 Å². The van der Waals surface area contributed by atoms with Crippen LogP contribution in [0.3, 0.4) is 0 Å². The van der Waals surface area contributed by atoms with Crippen molar-refractivity contribution in [3.8, 4) is 11.8 Å². The number of nitrogens with one attached hydrogen (secondary N) is 1. The van der Waals surface area contributed by atoms with Crippen LogP contribution >= 0.6 is 11.3 Å². The average Bonchev–Trinajstić information content (AvgIpc) is 3.01. The van der Waals surface area contributed by atoms with Crippen LogP contribution in [0.25, 0.3) is 11.0 Å². The number of amides is 1. The number of nitrogens with zero attached hydrogens (tertiary/aromatic N) is 2. The maximum absolute atomic E-state index is 12.2. The number of nitriles is 1. The van der Waals surface area contributed by atoms with Gasteiger partial charge in [-0.25, -0.2) is 9.78 Å². The smallest absolute Gasteiger partial charge is 0.349 e. The standard InChI is InChI=1S/C15H9N3O4S/c1-21-11-4-2-3-8-5-10(14(20)22-12(8)11)13(19)18-15-17-7-9(6-16)23-15/h2-5,7H,1H3,(H,17,18,19). The van der Waals surface area contributed by atoms with E-state index in [1.54, 1.807) is 18.2 Å². The number of rotatable bonds is 3. The molecule has 0 spiro atoms. The third-order valence-corrected chi connectivity index (χ3v) is 3.84. The lowest BCUT2D eigenvalue weighted by Gasteiger charge is -2.05. The first-order chi connectivity index (χ1) is 11.1. The van der Waals surface area contributed by atoms with Crippen LogP contribution in [0.5, 0.6) is 5.75 Å². The van der Waals surface area contributed by atoms with Crippen LogP contribution in [0.1, 0.15) is 15.2 Å². The molecule has 0 saturated carbocycles. The maximum atomic E-state index is 12.2. The Hall–Kier alpha value is -3.18. The Morgan fingerprint density at radius 3 is 3.00 bits per heavy atom. The molecule has 3 rings (SSSR count). The molecular weight excluding hydrogens is 318 g/mol. The predicted octanol–water partition coefficient (Wildman–Crippen LogP) is 2.38. The van der Waals surface area contributed by atoms with E-state index in [2.05, 4.69) is 10.3 Å². The van der Waals surface area contributed by atoms with E-state index in [0.29, 0.717) is 16.0 Å². The summed E-state index contributed by atoms with van der Waals surface area (Å²) < 4.78 is 10.3. The van der Waals surface area contributed by atoms with E-state index in [0.717, 1.165) is 11.3 Å². The molecule has 0 aliphatic rings. The number of ether oxygens (including phenoxy) is 1. The lowest BCUT2D eigenvalue weighted by atomic mass is 10.1. The first-order valence-corrected chi connectivity index (χ1v) is 7.22. The Bertz CT molecular complexity index is 1000. The summed E-state index contributed by atoms with van der Waals surface area (Å²) in [5.41, 5.74) is -0.659. The highest BCUT2D eigenvalue weighted by atomic mass is 32.1. The van der Waals surface area contributed by atoms with Crippen LogP contribution in [0.4, 0.5) is 5.13 Å². The summed E-state index contributed by atoms with van der Waals surface area (Å²) in [6, 6.07) is 8.43. The number of aromatic nitrogens is 1. The van der Waals surface area contributed by atoms with E-state index < -0.39 is 11.5 Å². The van der Waals surface area contributed by atoms with Gasteiger partial charge in [0.05, 0.1) is 13.3 Å². The predicted molar refractivity (Wildman–Crippen MR) is 83.8 cm³/mol. The fourth-order valence-electron chi connectivity index (χ4n) is 1.98. The summed E-state index contributed by atoms with van der Waals surface area (Å²) in [7, 11) is 1.46. The Labute approximate surface area is 133 Å². The van der Waals surface area contributed by atoms with Gasteiger partial charge in [0, 0.05) is 5.39 Å². The Morgan fingerprint density at radius 2 is 2.30 bits per heavy atom. The first-order valence-electron chi connectivity index (χ1n) is 6.40.